The van der Waals surface area contributed by atoms with Crippen molar-refractivity contribution in [3.63, 3.8) is 0 Å². The maximum atomic E-state index is 12.8. The van der Waals surface area contributed by atoms with Crippen LogP contribution < -0.4 is 0 Å². The first-order valence-electron chi connectivity index (χ1n) is 6.56. The van der Waals surface area contributed by atoms with E-state index in [1.54, 1.807) is 17.7 Å². The zero-order valence-corrected chi connectivity index (χ0v) is 10.7. The number of hydrogen-bond acceptors (Lipinski definition) is 0. The summed E-state index contributed by atoms with van der Waals surface area (Å²) in [6, 6.07) is 6.98. The van der Waals surface area contributed by atoms with Crippen LogP contribution in [0, 0.1) is 17.7 Å². The zero-order valence-electron chi connectivity index (χ0n) is 10.7. The summed E-state index contributed by atoms with van der Waals surface area (Å²) < 4.78 is 12.8. The van der Waals surface area contributed by atoms with Crippen molar-refractivity contribution in [2.75, 3.05) is 0 Å². The molecule has 0 aromatic heterocycles. The minimum absolute atomic E-state index is 0.139. The second-order valence-corrected chi connectivity index (χ2v) is 5.39. The Balaban J connectivity index is 2.00. The Morgan fingerprint density at radius 2 is 1.94 bits per heavy atom. The Bertz CT molecular complexity index is 388. The average Bonchev–Trinajstić information content (AvgIpc) is 2.31. The van der Waals surface area contributed by atoms with Crippen molar-refractivity contribution in [1.29, 1.82) is 0 Å². The van der Waals surface area contributed by atoms with E-state index in [4.69, 9.17) is 0 Å². The van der Waals surface area contributed by atoms with E-state index < -0.39 is 0 Å². The summed E-state index contributed by atoms with van der Waals surface area (Å²) in [5.74, 6) is 1.38. The lowest BCUT2D eigenvalue weighted by Gasteiger charge is -2.29. The number of rotatable bonds is 2. The second kappa shape index (κ2) is 5.48. The summed E-state index contributed by atoms with van der Waals surface area (Å²) in [5, 5.41) is 0. The van der Waals surface area contributed by atoms with Gasteiger partial charge in [-0.25, -0.2) is 4.39 Å². The van der Waals surface area contributed by atoms with Crippen molar-refractivity contribution in [2.24, 2.45) is 11.8 Å². The third-order valence-corrected chi connectivity index (χ3v) is 3.74. The molecule has 1 aliphatic carbocycles. The quantitative estimate of drug-likeness (QED) is 0.645. The van der Waals surface area contributed by atoms with Crippen LogP contribution in [-0.2, 0) is 6.42 Å². The van der Waals surface area contributed by atoms with E-state index in [-0.39, 0.29) is 5.82 Å². The van der Waals surface area contributed by atoms with Crippen molar-refractivity contribution < 1.29 is 4.39 Å². The monoisotopic (exact) mass is 232 g/mol. The molecule has 2 atom stereocenters. The minimum Gasteiger partial charge on any atom is -0.207 e. The molecule has 0 amide bonds. The number of allylic oxidation sites excluding steroid dienone is 2. The van der Waals surface area contributed by atoms with Gasteiger partial charge >= 0.3 is 0 Å². The second-order valence-electron chi connectivity index (χ2n) is 5.39. The van der Waals surface area contributed by atoms with Gasteiger partial charge in [0.2, 0.25) is 0 Å². The first-order valence-corrected chi connectivity index (χ1v) is 6.56. The Morgan fingerprint density at radius 1 is 1.24 bits per heavy atom. The lowest BCUT2D eigenvalue weighted by molar-refractivity contribution is 0.334. The molecule has 2 rings (SSSR count). The molecule has 1 fully saturated rings. The third kappa shape index (κ3) is 3.42. The zero-order chi connectivity index (χ0) is 12.3. The van der Waals surface area contributed by atoms with E-state index in [1.807, 2.05) is 12.1 Å². The third-order valence-electron chi connectivity index (χ3n) is 3.74. The van der Waals surface area contributed by atoms with Crippen LogP contribution in [0.25, 0.3) is 0 Å². The standard InChI is InChI=1S/C16H21F/c1-3-13-8-12(2)9-15(10-13)11-14-4-6-16(17)7-5-14/h3-7,12,15H,8-11H2,1-2H3/b13-3+. The fourth-order valence-corrected chi connectivity index (χ4v) is 2.98. The Kier molecular flexibility index (Phi) is 3.98. The number of benzene rings is 1. The predicted octanol–water partition coefficient (Wildman–Crippen LogP) is 4.75. The van der Waals surface area contributed by atoms with Gasteiger partial charge in [0.1, 0.15) is 5.82 Å². The molecule has 2 unspecified atom stereocenters. The van der Waals surface area contributed by atoms with Gasteiger partial charge in [-0.3, -0.25) is 0 Å². The van der Waals surface area contributed by atoms with E-state index in [1.165, 1.54) is 24.8 Å². The predicted molar refractivity (Wildman–Crippen MR) is 70.4 cm³/mol. The summed E-state index contributed by atoms with van der Waals surface area (Å²) in [4.78, 5) is 0. The molecule has 1 aromatic rings. The fourth-order valence-electron chi connectivity index (χ4n) is 2.98. The molecule has 0 heterocycles. The Labute approximate surface area is 104 Å². The molecule has 1 heteroatoms. The van der Waals surface area contributed by atoms with Crippen LogP contribution in [0.3, 0.4) is 0 Å². The Hall–Kier alpha value is -1.11. The highest BCUT2D eigenvalue weighted by Crippen LogP contribution is 2.34. The van der Waals surface area contributed by atoms with Crippen molar-refractivity contribution >= 4 is 0 Å². The molecule has 1 aromatic carbocycles. The van der Waals surface area contributed by atoms with Gasteiger partial charge in [-0.1, -0.05) is 30.7 Å². The molecule has 1 aliphatic rings. The molecule has 0 aliphatic heterocycles. The molecule has 0 saturated heterocycles. The molecule has 0 bridgehead atoms. The van der Waals surface area contributed by atoms with Crippen LogP contribution in [0.1, 0.15) is 38.7 Å². The molecule has 92 valence electrons. The van der Waals surface area contributed by atoms with Gasteiger partial charge in [-0.2, -0.15) is 0 Å². The van der Waals surface area contributed by atoms with Crippen molar-refractivity contribution in [3.8, 4) is 0 Å². The number of hydrogen-bond donors (Lipinski definition) is 0. The average molecular weight is 232 g/mol. The smallest absolute Gasteiger partial charge is 0.123 e. The van der Waals surface area contributed by atoms with Gasteiger partial charge < -0.3 is 0 Å². The first-order chi connectivity index (χ1) is 8.17. The highest BCUT2D eigenvalue weighted by molar-refractivity contribution is 5.18. The molecule has 1 saturated carbocycles. The van der Waals surface area contributed by atoms with Crippen LogP contribution in [0.2, 0.25) is 0 Å². The van der Waals surface area contributed by atoms with Gasteiger partial charge in [0.15, 0.2) is 0 Å². The van der Waals surface area contributed by atoms with E-state index in [0.717, 1.165) is 18.3 Å². The SMILES string of the molecule is C/C=C1\CC(C)CC(Cc2ccc(F)cc2)C1. The van der Waals surface area contributed by atoms with Gasteiger partial charge in [0.05, 0.1) is 0 Å². The van der Waals surface area contributed by atoms with E-state index in [0.29, 0.717) is 0 Å². The fraction of sp³-hybridized carbons (Fsp3) is 0.500. The molecular formula is C16H21F. The van der Waals surface area contributed by atoms with E-state index in [2.05, 4.69) is 19.9 Å². The van der Waals surface area contributed by atoms with Crippen LogP contribution in [0.4, 0.5) is 4.39 Å². The molecule has 17 heavy (non-hydrogen) atoms. The summed E-state index contributed by atoms with van der Waals surface area (Å²) in [5.41, 5.74) is 2.86. The van der Waals surface area contributed by atoms with Gasteiger partial charge in [-0.05, 0) is 62.1 Å². The molecule has 0 spiro atoms. The molecule has 0 radical (unpaired) electrons. The highest BCUT2D eigenvalue weighted by Gasteiger charge is 2.21. The lowest BCUT2D eigenvalue weighted by Crippen LogP contribution is -2.17. The first kappa shape index (κ1) is 12.3. The van der Waals surface area contributed by atoms with Crippen molar-refractivity contribution in [1.82, 2.24) is 0 Å². The minimum atomic E-state index is -0.139. The topological polar surface area (TPSA) is 0 Å². The highest BCUT2D eigenvalue weighted by atomic mass is 19.1. The summed E-state index contributed by atoms with van der Waals surface area (Å²) in [6.45, 7) is 4.47. The van der Waals surface area contributed by atoms with Gasteiger partial charge in [0.25, 0.3) is 0 Å². The van der Waals surface area contributed by atoms with Crippen molar-refractivity contribution in [3.05, 3.63) is 47.3 Å². The lowest BCUT2D eigenvalue weighted by atomic mass is 9.77. The van der Waals surface area contributed by atoms with Gasteiger partial charge in [0, 0.05) is 0 Å². The van der Waals surface area contributed by atoms with Gasteiger partial charge in [-0.15, -0.1) is 0 Å². The maximum Gasteiger partial charge on any atom is 0.123 e. The Morgan fingerprint density at radius 3 is 2.59 bits per heavy atom. The molecular weight excluding hydrogens is 211 g/mol. The van der Waals surface area contributed by atoms with Crippen LogP contribution in [0.15, 0.2) is 35.9 Å². The summed E-state index contributed by atoms with van der Waals surface area (Å²) in [6.07, 6.45) is 7.14. The van der Waals surface area contributed by atoms with E-state index >= 15 is 0 Å². The van der Waals surface area contributed by atoms with E-state index in [9.17, 15) is 4.39 Å². The van der Waals surface area contributed by atoms with Crippen LogP contribution in [0.5, 0.6) is 0 Å². The maximum absolute atomic E-state index is 12.8. The summed E-state index contributed by atoms with van der Waals surface area (Å²) >= 11 is 0. The largest absolute Gasteiger partial charge is 0.207 e. The summed E-state index contributed by atoms with van der Waals surface area (Å²) in [7, 11) is 0. The molecule has 0 N–H and O–H groups in total. The van der Waals surface area contributed by atoms with Crippen LogP contribution in [-0.4, -0.2) is 0 Å². The van der Waals surface area contributed by atoms with Crippen molar-refractivity contribution in [2.45, 2.75) is 39.5 Å². The molecule has 0 nitrogen and oxygen atoms in total. The normalized spacial score (nSPS) is 27.4. The number of halogens is 1. The van der Waals surface area contributed by atoms with Crippen LogP contribution >= 0.6 is 0 Å².